The van der Waals surface area contributed by atoms with Crippen LogP contribution in [0.25, 0.3) is 11.3 Å². The summed E-state index contributed by atoms with van der Waals surface area (Å²) in [6.07, 6.45) is 0. The molecule has 2 N–H and O–H groups in total. The smallest absolute Gasteiger partial charge is 0.156 e. The SMILES string of the molecule is CC(C)(N)c1cc(-c2ccccc2)no1. The molecule has 0 fully saturated rings. The fourth-order valence-corrected chi connectivity index (χ4v) is 1.32. The van der Waals surface area contributed by atoms with Gasteiger partial charge in [-0.1, -0.05) is 35.5 Å². The van der Waals surface area contributed by atoms with E-state index in [-0.39, 0.29) is 0 Å². The van der Waals surface area contributed by atoms with Crippen molar-refractivity contribution < 1.29 is 4.52 Å². The van der Waals surface area contributed by atoms with Crippen LogP contribution in [0.2, 0.25) is 0 Å². The quantitative estimate of drug-likeness (QED) is 0.814. The van der Waals surface area contributed by atoms with Gasteiger partial charge in [-0.25, -0.2) is 0 Å². The van der Waals surface area contributed by atoms with Crippen molar-refractivity contribution in [3.63, 3.8) is 0 Å². The minimum atomic E-state index is -0.486. The Hall–Kier alpha value is -1.61. The Balaban J connectivity index is 2.37. The lowest BCUT2D eigenvalue weighted by Gasteiger charge is -2.12. The summed E-state index contributed by atoms with van der Waals surface area (Å²) in [6, 6.07) is 11.8. The number of nitrogens with two attached hydrogens (primary N) is 1. The summed E-state index contributed by atoms with van der Waals surface area (Å²) in [5, 5.41) is 4.00. The second-order valence-electron chi connectivity index (χ2n) is 4.16. The molecule has 2 rings (SSSR count). The zero-order valence-electron chi connectivity index (χ0n) is 8.90. The molecule has 0 amide bonds. The third kappa shape index (κ3) is 2.07. The lowest BCUT2D eigenvalue weighted by Crippen LogP contribution is -2.27. The maximum Gasteiger partial charge on any atom is 0.156 e. The lowest BCUT2D eigenvalue weighted by molar-refractivity contribution is 0.322. The highest BCUT2D eigenvalue weighted by Gasteiger charge is 2.20. The van der Waals surface area contributed by atoms with Crippen molar-refractivity contribution in [3.8, 4) is 11.3 Å². The highest BCUT2D eigenvalue weighted by molar-refractivity contribution is 5.58. The molecule has 1 aromatic heterocycles. The van der Waals surface area contributed by atoms with Crippen LogP contribution in [0.15, 0.2) is 40.9 Å². The fraction of sp³-hybridized carbons (Fsp3) is 0.250. The van der Waals surface area contributed by atoms with Gasteiger partial charge in [0.2, 0.25) is 0 Å². The topological polar surface area (TPSA) is 52.0 Å². The first-order valence-electron chi connectivity index (χ1n) is 4.89. The molecule has 1 aromatic carbocycles. The van der Waals surface area contributed by atoms with Gasteiger partial charge in [0.25, 0.3) is 0 Å². The Labute approximate surface area is 88.9 Å². The average molecular weight is 202 g/mol. The van der Waals surface area contributed by atoms with Crippen molar-refractivity contribution in [1.29, 1.82) is 0 Å². The average Bonchev–Trinajstić information content (AvgIpc) is 2.67. The Morgan fingerprint density at radius 3 is 2.40 bits per heavy atom. The molecule has 0 saturated carbocycles. The highest BCUT2D eigenvalue weighted by atomic mass is 16.5. The molecule has 0 aliphatic rings. The summed E-state index contributed by atoms with van der Waals surface area (Å²) < 4.78 is 5.21. The summed E-state index contributed by atoms with van der Waals surface area (Å²) in [6.45, 7) is 3.78. The van der Waals surface area contributed by atoms with E-state index < -0.39 is 5.54 Å². The van der Waals surface area contributed by atoms with Crippen molar-refractivity contribution in [2.75, 3.05) is 0 Å². The van der Waals surface area contributed by atoms with Crippen LogP contribution < -0.4 is 5.73 Å². The third-order valence-electron chi connectivity index (χ3n) is 2.21. The minimum absolute atomic E-state index is 0.486. The van der Waals surface area contributed by atoms with Crippen molar-refractivity contribution >= 4 is 0 Å². The zero-order valence-corrected chi connectivity index (χ0v) is 8.90. The van der Waals surface area contributed by atoms with Crippen LogP contribution in [0.4, 0.5) is 0 Å². The van der Waals surface area contributed by atoms with E-state index in [1.165, 1.54) is 0 Å². The van der Waals surface area contributed by atoms with Gasteiger partial charge in [-0.15, -0.1) is 0 Å². The van der Waals surface area contributed by atoms with Crippen molar-refractivity contribution in [3.05, 3.63) is 42.2 Å². The molecular weight excluding hydrogens is 188 g/mol. The van der Waals surface area contributed by atoms with Crippen LogP contribution in [0.3, 0.4) is 0 Å². The van der Waals surface area contributed by atoms with E-state index in [9.17, 15) is 0 Å². The molecule has 78 valence electrons. The first kappa shape index (κ1) is 9.93. The van der Waals surface area contributed by atoms with E-state index in [4.69, 9.17) is 10.3 Å². The van der Waals surface area contributed by atoms with E-state index in [0.717, 1.165) is 11.3 Å². The Morgan fingerprint density at radius 1 is 1.20 bits per heavy atom. The van der Waals surface area contributed by atoms with Gasteiger partial charge in [0, 0.05) is 11.6 Å². The molecule has 0 bridgehead atoms. The summed E-state index contributed by atoms with van der Waals surface area (Å²) in [4.78, 5) is 0. The summed E-state index contributed by atoms with van der Waals surface area (Å²) in [5.74, 6) is 0.696. The molecule has 3 heteroatoms. The van der Waals surface area contributed by atoms with Gasteiger partial charge in [0.1, 0.15) is 5.69 Å². The summed E-state index contributed by atoms with van der Waals surface area (Å²) >= 11 is 0. The second kappa shape index (κ2) is 3.51. The van der Waals surface area contributed by atoms with Crippen LogP contribution in [-0.4, -0.2) is 5.16 Å². The molecule has 0 radical (unpaired) electrons. The Bertz CT molecular complexity index is 440. The third-order valence-corrected chi connectivity index (χ3v) is 2.21. The van der Waals surface area contributed by atoms with Crippen molar-refractivity contribution in [1.82, 2.24) is 5.16 Å². The molecule has 0 aliphatic heterocycles. The number of rotatable bonds is 2. The number of aromatic nitrogens is 1. The van der Waals surface area contributed by atoms with Crippen molar-refractivity contribution in [2.24, 2.45) is 5.73 Å². The summed E-state index contributed by atoms with van der Waals surface area (Å²) in [7, 11) is 0. The molecule has 0 spiro atoms. The molecule has 0 aliphatic carbocycles. The first-order valence-corrected chi connectivity index (χ1v) is 4.89. The van der Waals surface area contributed by atoms with Gasteiger partial charge in [0.05, 0.1) is 5.54 Å². The first-order chi connectivity index (χ1) is 7.07. The number of benzene rings is 1. The number of hydrogen-bond acceptors (Lipinski definition) is 3. The maximum atomic E-state index is 5.91. The van der Waals surface area contributed by atoms with Gasteiger partial charge in [-0.2, -0.15) is 0 Å². The Morgan fingerprint density at radius 2 is 1.87 bits per heavy atom. The van der Waals surface area contributed by atoms with Gasteiger partial charge in [-0.05, 0) is 13.8 Å². The van der Waals surface area contributed by atoms with E-state index >= 15 is 0 Å². The van der Waals surface area contributed by atoms with Crippen LogP contribution in [-0.2, 0) is 5.54 Å². The molecule has 1 heterocycles. The molecule has 2 aromatic rings. The maximum absolute atomic E-state index is 5.91. The van der Waals surface area contributed by atoms with Gasteiger partial charge in [-0.3, -0.25) is 0 Å². The molecule has 3 nitrogen and oxygen atoms in total. The lowest BCUT2D eigenvalue weighted by atomic mass is 10.0. The van der Waals surface area contributed by atoms with E-state index in [1.807, 2.05) is 50.2 Å². The van der Waals surface area contributed by atoms with Gasteiger partial charge >= 0.3 is 0 Å². The molecule has 0 unspecified atom stereocenters. The van der Waals surface area contributed by atoms with Crippen LogP contribution >= 0.6 is 0 Å². The van der Waals surface area contributed by atoms with Crippen LogP contribution in [0.1, 0.15) is 19.6 Å². The summed E-state index contributed by atoms with van der Waals surface area (Å²) in [5.41, 5.74) is 7.29. The molecular formula is C12H14N2O. The van der Waals surface area contributed by atoms with E-state index in [2.05, 4.69) is 5.16 Å². The Kier molecular flexibility index (Phi) is 2.32. The zero-order chi connectivity index (χ0) is 10.9. The standard InChI is InChI=1S/C12H14N2O/c1-12(2,13)11-8-10(14-15-11)9-6-4-3-5-7-9/h3-8H,13H2,1-2H3. The van der Waals surface area contributed by atoms with Crippen LogP contribution in [0, 0.1) is 0 Å². The monoisotopic (exact) mass is 202 g/mol. The predicted molar refractivity (Wildman–Crippen MR) is 59.2 cm³/mol. The fourth-order valence-electron chi connectivity index (χ4n) is 1.32. The van der Waals surface area contributed by atoms with Crippen LogP contribution in [0.5, 0.6) is 0 Å². The molecule has 0 saturated heterocycles. The number of hydrogen-bond donors (Lipinski definition) is 1. The van der Waals surface area contributed by atoms with Crippen molar-refractivity contribution in [2.45, 2.75) is 19.4 Å². The predicted octanol–water partition coefficient (Wildman–Crippen LogP) is 2.54. The van der Waals surface area contributed by atoms with E-state index in [1.54, 1.807) is 0 Å². The van der Waals surface area contributed by atoms with Gasteiger partial charge in [0.15, 0.2) is 5.76 Å². The molecule has 0 atom stereocenters. The minimum Gasteiger partial charge on any atom is -0.359 e. The largest absolute Gasteiger partial charge is 0.359 e. The molecule has 15 heavy (non-hydrogen) atoms. The highest BCUT2D eigenvalue weighted by Crippen LogP contribution is 2.23. The second-order valence-corrected chi connectivity index (χ2v) is 4.16. The van der Waals surface area contributed by atoms with Gasteiger partial charge < -0.3 is 10.3 Å². The normalized spacial score (nSPS) is 11.7. The van der Waals surface area contributed by atoms with E-state index in [0.29, 0.717) is 5.76 Å². The number of nitrogens with zero attached hydrogens (tertiary/aromatic N) is 1.